The standard InChI is InChI=1S/C15H28N2O/c1-12(2)11-17(14-7-3-4-8-14)15(18)13-6-5-9-16-10-13/h12-14,16H,3-11H2,1-2H3. The first-order chi connectivity index (χ1) is 8.68. The molecule has 1 aliphatic carbocycles. The number of hydrogen-bond donors (Lipinski definition) is 1. The zero-order valence-corrected chi connectivity index (χ0v) is 12.0. The van der Waals surface area contributed by atoms with Gasteiger partial charge in [0.1, 0.15) is 0 Å². The van der Waals surface area contributed by atoms with Crippen molar-refractivity contribution < 1.29 is 4.79 Å². The molecule has 0 radical (unpaired) electrons. The van der Waals surface area contributed by atoms with Crippen LogP contribution in [-0.4, -0.2) is 36.5 Å². The molecule has 2 fully saturated rings. The molecule has 2 aliphatic rings. The van der Waals surface area contributed by atoms with Crippen LogP contribution in [0.2, 0.25) is 0 Å². The molecule has 104 valence electrons. The van der Waals surface area contributed by atoms with Crippen LogP contribution < -0.4 is 5.32 Å². The lowest BCUT2D eigenvalue weighted by atomic mass is 9.96. The topological polar surface area (TPSA) is 32.3 Å². The summed E-state index contributed by atoms with van der Waals surface area (Å²) in [4.78, 5) is 14.9. The van der Waals surface area contributed by atoms with Gasteiger partial charge in [0.2, 0.25) is 5.91 Å². The molecule has 3 nitrogen and oxygen atoms in total. The molecule has 0 bridgehead atoms. The van der Waals surface area contributed by atoms with E-state index in [2.05, 4.69) is 24.1 Å². The fraction of sp³-hybridized carbons (Fsp3) is 0.933. The Morgan fingerprint density at radius 1 is 1.22 bits per heavy atom. The van der Waals surface area contributed by atoms with Crippen LogP contribution >= 0.6 is 0 Å². The first-order valence-electron chi connectivity index (χ1n) is 7.69. The summed E-state index contributed by atoms with van der Waals surface area (Å²) in [5.74, 6) is 1.23. The van der Waals surface area contributed by atoms with Gasteiger partial charge in [0.15, 0.2) is 0 Å². The van der Waals surface area contributed by atoms with Crippen molar-refractivity contribution in [1.29, 1.82) is 0 Å². The van der Waals surface area contributed by atoms with E-state index in [-0.39, 0.29) is 5.92 Å². The highest BCUT2D eigenvalue weighted by atomic mass is 16.2. The Kier molecular flexibility index (Phi) is 5.04. The van der Waals surface area contributed by atoms with Crippen molar-refractivity contribution in [3.63, 3.8) is 0 Å². The van der Waals surface area contributed by atoms with E-state index in [0.29, 0.717) is 17.9 Å². The van der Waals surface area contributed by atoms with Crippen molar-refractivity contribution in [1.82, 2.24) is 10.2 Å². The van der Waals surface area contributed by atoms with Gasteiger partial charge < -0.3 is 10.2 Å². The number of piperidine rings is 1. The second-order valence-electron chi connectivity index (χ2n) is 6.37. The molecule has 1 amide bonds. The molecular formula is C15H28N2O. The fourth-order valence-electron chi connectivity index (χ4n) is 3.33. The normalized spacial score (nSPS) is 25.6. The van der Waals surface area contributed by atoms with Crippen molar-refractivity contribution in [2.75, 3.05) is 19.6 Å². The lowest BCUT2D eigenvalue weighted by Crippen LogP contribution is -2.48. The Bertz CT molecular complexity index is 266. The molecule has 18 heavy (non-hydrogen) atoms. The van der Waals surface area contributed by atoms with Gasteiger partial charge in [-0.1, -0.05) is 26.7 Å². The predicted molar refractivity (Wildman–Crippen MR) is 74.4 cm³/mol. The van der Waals surface area contributed by atoms with Crippen molar-refractivity contribution >= 4 is 5.91 Å². The number of carbonyl (C=O) groups excluding carboxylic acids is 1. The fourth-order valence-corrected chi connectivity index (χ4v) is 3.33. The highest BCUT2D eigenvalue weighted by Crippen LogP contribution is 2.26. The smallest absolute Gasteiger partial charge is 0.227 e. The van der Waals surface area contributed by atoms with Gasteiger partial charge in [0, 0.05) is 19.1 Å². The molecule has 1 aliphatic heterocycles. The van der Waals surface area contributed by atoms with E-state index in [1.807, 2.05) is 0 Å². The molecule has 1 atom stereocenters. The van der Waals surface area contributed by atoms with Crippen LogP contribution in [0.1, 0.15) is 52.4 Å². The Hall–Kier alpha value is -0.570. The molecule has 1 saturated carbocycles. The van der Waals surface area contributed by atoms with Crippen LogP contribution in [0.15, 0.2) is 0 Å². The second-order valence-corrected chi connectivity index (χ2v) is 6.37. The molecular weight excluding hydrogens is 224 g/mol. The first-order valence-corrected chi connectivity index (χ1v) is 7.69. The van der Waals surface area contributed by atoms with E-state index in [9.17, 15) is 4.79 Å². The molecule has 0 aromatic heterocycles. The quantitative estimate of drug-likeness (QED) is 0.833. The number of hydrogen-bond acceptors (Lipinski definition) is 2. The van der Waals surface area contributed by atoms with Gasteiger partial charge >= 0.3 is 0 Å². The molecule has 2 rings (SSSR count). The van der Waals surface area contributed by atoms with E-state index in [1.54, 1.807) is 0 Å². The maximum absolute atomic E-state index is 12.7. The van der Waals surface area contributed by atoms with Crippen LogP contribution in [0.25, 0.3) is 0 Å². The number of carbonyl (C=O) groups is 1. The van der Waals surface area contributed by atoms with Crippen molar-refractivity contribution in [2.24, 2.45) is 11.8 Å². The monoisotopic (exact) mass is 252 g/mol. The van der Waals surface area contributed by atoms with E-state index in [0.717, 1.165) is 32.5 Å². The van der Waals surface area contributed by atoms with Gasteiger partial charge in [-0.05, 0) is 38.1 Å². The van der Waals surface area contributed by atoms with E-state index in [4.69, 9.17) is 0 Å². The SMILES string of the molecule is CC(C)CN(C(=O)C1CCCNC1)C1CCCC1. The lowest BCUT2D eigenvalue weighted by Gasteiger charge is -2.35. The van der Waals surface area contributed by atoms with Gasteiger partial charge in [-0.2, -0.15) is 0 Å². The number of amides is 1. The maximum atomic E-state index is 12.7. The second kappa shape index (κ2) is 6.55. The summed E-state index contributed by atoms with van der Waals surface area (Å²) < 4.78 is 0. The minimum Gasteiger partial charge on any atom is -0.339 e. The van der Waals surface area contributed by atoms with Crippen LogP contribution in [0, 0.1) is 11.8 Å². The summed E-state index contributed by atoms with van der Waals surface area (Å²) in [6.45, 7) is 7.35. The van der Waals surface area contributed by atoms with E-state index < -0.39 is 0 Å². The van der Waals surface area contributed by atoms with Gasteiger partial charge in [0.05, 0.1) is 5.92 Å². The summed E-state index contributed by atoms with van der Waals surface area (Å²) in [5, 5.41) is 3.37. The number of nitrogens with one attached hydrogen (secondary N) is 1. The minimum absolute atomic E-state index is 0.234. The Morgan fingerprint density at radius 2 is 1.94 bits per heavy atom. The molecule has 0 spiro atoms. The van der Waals surface area contributed by atoms with Crippen LogP contribution in [-0.2, 0) is 4.79 Å². The largest absolute Gasteiger partial charge is 0.339 e. The summed E-state index contributed by atoms with van der Waals surface area (Å²) >= 11 is 0. The zero-order valence-electron chi connectivity index (χ0n) is 12.0. The predicted octanol–water partition coefficient (Wildman–Crippen LogP) is 2.41. The van der Waals surface area contributed by atoms with Crippen molar-refractivity contribution in [3.05, 3.63) is 0 Å². The highest BCUT2D eigenvalue weighted by Gasteiger charge is 2.32. The van der Waals surface area contributed by atoms with Crippen LogP contribution in [0.4, 0.5) is 0 Å². The molecule has 0 aromatic rings. The molecule has 0 aromatic carbocycles. The zero-order chi connectivity index (χ0) is 13.0. The number of rotatable bonds is 4. The molecule has 1 heterocycles. The third-order valence-electron chi connectivity index (χ3n) is 4.26. The Balaban J connectivity index is 1.99. The van der Waals surface area contributed by atoms with Gasteiger partial charge in [0.25, 0.3) is 0 Å². The molecule has 1 unspecified atom stereocenters. The summed E-state index contributed by atoms with van der Waals surface area (Å²) in [6.07, 6.45) is 7.27. The van der Waals surface area contributed by atoms with E-state index in [1.165, 1.54) is 25.7 Å². The summed E-state index contributed by atoms with van der Waals surface area (Å²) in [7, 11) is 0. The highest BCUT2D eigenvalue weighted by molar-refractivity contribution is 5.79. The minimum atomic E-state index is 0.234. The van der Waals surface area contributed by atoms with Crippen molar-refractivity contribution in [2.45, 2.75) is 58.4 Å². The number of nitrogens with zero attached hydrogens (tertiary/aromatic N) is 1. The van der Waals surface area contributed by atoms with Gasteiger partial charge in [-0.3, -0.25) is 4.79 Å². The maximum Gasteiger partial charge on any atom is 0.227 e. The lowest BCUT2D eigenvalue weighted by molar-refractivity contribution is -0.139. The third kappa shape index (κ3) is 3.47. The summed E-state index contributed by atoms with van der Waals surface area (Å²) in [6, 6.07) is 0.529. The average Bonchev–Trinajstić information content (AvgIpc) is 2.89. The van der Waals surface area contributed by atoms with Gasteiger partial charge in [-0.25, -0.2) is 0 Å². The third-order valence-corrected chi connectivity index (χ3v) is 4.26. The Labute approximate surface area is 111 Å². The molecule has 3 heteroatoms. The average molecular weight is 252 g/mol. The Morgan fingerprint density at radius 3 is 2.50 bits per heavy atom. The molecule has 1 N–H and O–H groups in total. The van der Waals surface area contributed by atoms with Gasteiger partial charge in [-0.15, -0.1) is 0 Å². The summed E-state index contributed by atoms with van der Waals surface area (Å²) in [5.41, 5.74) is 0. The van der Waals surface area contributed by atoms with Crippen molar-refractivity contribution in [3.8, 4) is 0 Å². The van der Waals surface area contributed by atoms with Crippen LogP contribution in [0.5, 0.6) is 0 Å². The van der Waals surface area contributed by atoms with Crippen LogP contribution in [0.3, 0.4) is 0 Å². The first kappa shape index (κ1) is 13.9. The van der Waals surface area contributed by atoms with E-state index >= 15 is 0 Å². The molecule has 1 saturated heterocycles.